The van der Waals surface area contributed by atoms with E-state index in [1.54, 1.807) is 27.7 Å². The number of sulfonamides is 1. The number of amides is 2. The lowest BCUT2D eigenvalue weighted by Gasteiger charge is -2.40. The lowest BCUT2D eigenvalue weighted by atomic mass is 9.78. The summed E-state index contributed by atoms with van der Waals surface area (Å²) in [6, 6.07) is 7.57. The molecule has 220 valence electrons. The van der Waals surface area contributed by atoms with Crippen molar-refractivity contribution in [3.63, 3.8) is 0 Å². The summed E-state index contributed by atoms with van der Waals surface area (Å²) in [5.74, 6) is -0.943. The molecule has 1 atom stereocenters. The van der Waals surface area contributed by atoms with Gasteiger partial charge in [-0.25, -0.2) is 22.3 Å². The van der Waals surface area contributed by atoms with Crippen molar-refractivity contribution in [3.8, 4) is 0 Å². The van der Waals surface area contributed by atoms with E-state index in [1.807, 2.05) is 0 Å². The third-order valence-electron chi connectivity index (χ3n) is 6.55. The molecule has 1 aliphatic rings. The topological polar surface area (TPSA) is 114 Å². The fourth-order valence-electron chi connectivity index (χ4n) is 4.42. The monoisotopic (exact) mass is 587 g/mol. The van der Waals surface area contributed by atoms with Crippen LogP contribution in [0.15, 0.2) is 53.4 Å². The molecule has 3 N–H and O–H groups in total. The van der Waals surface area contributed by atoms with Crippen LogP contribution in [0.25, 0.3) is 0 Å². The van der Waals surface area contributed by atoms with Gasteiger partial charge in [-0.15, -0.1) is 0 Å². The third-order valence-corrected chi connectivity index (χ3v) is 8.08. The van der Waals surface area contributed by atoms with Gasteiger partial charge in [-0.3, -0.25) is 4.79 Å². The second kappa shape index (κ2) is 11.7. The maximum Gasteiger partial charge on any atom is 0.416 e. The van der Waals surface area contributed by atoms with Crippen LogP contribution in [-0.4, -0.2) is 37.6 Å². The predicted octanol–water partition coefficient (Wildman–Crippen LogP) is 5.21. The average Bonchev–Trinajstić information content (AvgIpc) is 2.84. The van der Waals surface area contributed by atoms with Crippen LogP contribution >= 0.6 is 0 Å². The molecule has 0 heterocycles. The van der Waals surface area contributed by atoms with Gasteiger partial charge >= 0.3 is 12.3 Å². The molecule has 0 aliphatic heterocycles. The van der Waals surface area contributed by atoms with Crippen LogP contribution in [0.4, 0.5) is 22.4 Å². The van der Waals surface area contributed by atoms with Crippen molar-refractivity contribution in [1.82, 2.24) is 15.4 Å². The van der Waals surface area contributed by atoms with Crippen LogP contribution in [0.2, 0.25) is 0 Å². The summed E-state index contributed by atoms with van der Waals surface area (Å²) in [7, 11) is -4.15. The summed E-state index contributed by atoms with van der Waals surface area (Å²) >= 11 is 0. The van der Waals surface area contributed by atoms with Crippen molar-refractivity contribution in [2.45, 2.75) is 87.7 Å². The highest BCUT2D eigenvalue weighted by Crippen LogP contribution is 2.32. The Bertz CT molecular complexity index is 1300. The first-order valence-corrected chi connectivity index (χ1v) is 14.2. The number of alkyl carbamates (subject to hydrolysis) is 1. The van der Waals surface area contributed by atoms with E-state index in [-0.39, 0.29) is 30.6 Å². The van der Waals surface area contributed by atoms with Crippen molar-refractivity contribution >= 4 is 22.0 Å². The van der Waals surface area contributed by atoms with Crippen LogP contribution < -0.4 is 15.4 Å². The van der Waals surface area contributed by atoms with E-state index >= 15 is 0 Å². The van der Waals surface area contributed by atoms with E-state index in [1.165, 1.54) is 24.3 Å². The van der Waals surface area contributed by atoms with Gasteiger partial charge < -0.3 is 15.4 Å². The smallest absolute Gasteiger partial charge is 0.416 e. The van der Waals surface area contributed by atoms with Gasteiger partial charge in [0.15, 0.2) is 0 Å². The first-order valence-electron chi connectivity index (χ1n) is 12.7. The number of benzene rings is 2. The minimum atomic E-state index is -4.60. The lowest BCUT2D eigenvalue weighted by molar-refractivity contribution is -0.137. The number of hydrogen-bond donors (Lipinski definition) is 3. The molecule has 2 aromatic rings. The summed E-state index contributed by atoms with van der Waals surface area (Å²) < 4.78 is 85.4. The van der Waals surface area contributed by atoms with Crippen LogP contribution in [0.5, 0.6) is 0 Å². The summed E-state index contributed by atoms with van der Waals surface area (Å²) in [6.07, 6.45) is -5.02. The number of nitrogens with one attached hydrogen (secondary N) is 3. The third kappa shape index (κ3) is 8.17. The molecule has 0 aromatic heterocycles. The lowest BCUT2D eigenvalue weighted by Crippen LogP contribution is -2.62. The standard InChI is InChI=1S/C27H33F4N3O5S/c1-17(18-5-9-20(28)10-6-18)32-23(35)26(33-24(36)39-25(2,3)4)15-13-21(14-16-26)34-40(37,38)22-11-7-19(8-12-22)27(29,30)31/h5-12,17,21,34H,13-16H2,1-4H3,(H,32,35)(H,33,36)/t17-,21-,26+/m1/s1. The van der Waals surface area contributed by atoms with E-state index in [0.717, 1.165) is 12.1 Å². The largest absolute Gasteiger partial charge is 0.444 e. The predicted molar refractivity (Wildman–Crippen MR) is 139 cm³/mol. The van der Waals surface area contributed by atoms with Gasteiger partial charge in [0.1, 0.15) is 17.0 Å². The Morgan fingerprint density at radius 1 is 0.975 bits per heavy atom. The zero-order valence-electron chi connectivity index (χ0n) is 22.6. The molecule has 0 spiro atoms. The molecule has 1 saturated carbocycles. The van der Waals surface area contributed by atoms with E-state index < -0.39 is 62.8 Å². The molecular weight excluding hydrogens is 554 g/mol. The molecule has 8 nitrogen and oxygen atoms in total. The number of carbonyl (C=O) groups excluding carboxylic acids is 2. The van der Waals surface area contributed by atoms with Gasteiger partial charge in [0.25, 0.3) is 0 Å². The number of halogens is 4. The first-order chi connectivity index (χ1) is 18.4. The highest BCUT2D eigenvalue weighted by molar-refractivity contribution is 7.89. The van der Waals surface area contributed by atoms with Gasteiger partial charge in [-0.2, -0.15) is 13.2 Å². The van der Waals surface area contributed by atoms with Gasteiger partial charge in [0.05, 0.1) is 16.5 Å². The quantitative estimate of drug-likeness (QED) is 0.385. The fourth-order valence-corrected chi connectivity index (χ4v) is 5.72. The van der Waals surface area contributed by atoms with Crippen molar-refractivity contribution in [2.75, 3.05) is 0 Å². The van der Waals surface area contributed by atoms with Crippen molar-refractivity contribution in [2.24, 2.45) is 0 Å². The molecule has 2 aromatic carbocycles. The Labute approximate surface area is 230 Å². The molecule has 40 heavy (non-hydrogen) atoms. The molecular formula is C27H33F4N3O5S. The van der Waals surface area contributed by atoms with Gasteiger partial charge in [-0.05, 0) is 95.3 Å². The molecule has 0 bridgehead atoms. The number of ether oxygens (including phenoxy) is 1. The zero-order valence-corrected chi connectivity index (χ0v) is 23.4. The minimum Gasteiger partial charge on any atom is -0.444 e. The van der Waals surface area contributed by atoms with E-state index in [0.29, 0.717) is 17.7 Å². The molecule has 0 unspecified atom stereocenters. The molecule has 1 fully saturated rings. The summed E-state index contributed by atoms with van der Waals surface area (Å²) in [5, 5.41) is 5.51. The molecule has 13 heteroatoms. The molecule has 2 amide bonds. The maximum atomic E-state index is 13.5. The fraction of sp³-hybridized carbons (Fsp3) is 0.481. The summed E-state index contributed by atoms with van der Waals surface area (Å²) in [5.41, 5.74) is -2.59. The summed E-state index contributed by atoms with van der Waals surface area (Å²) in [4.78, 5) is 25.9. The number of carbonyl (C=O) groups is 2. The zero-order chi connectivity index (χ0) is 29.9. The van der Waals surface area contributed by atoms with Crippen molar-refractivity contribution < 1.29 is 40.3 Å². The molecule has 3 rings (SSSR count). The minimum absolute atomic E-state index is 0.0500. The van der Waals surface area contributed by atoms with E-state index in [9.17, 15) is 35.6 Å². The highest BCUT2D eigenvalue weighted by atomic mass is 32.2. The highest BCUT2D eigenvalue weighted by Gasteiger charge is 2.45. The SMILES string of the molecule is C[C@@H](NC(=O)[C@]1(NC(=O)OC(C)(C)C)CC[C@@H](NS(=O)(=O)c2ccc(C(F)(F)F)cc2)CC1)c1ccc(F)cc1. The number of alkyl halides is 3. The number of rotatable bonds is 7. The normalized spacial score (nSPS) is 20.9. The van der Waals surface area contributed by atoms with Gasteiger partial charge in [0.2, 0.25) is 15.9 Å². The van der Waals surface area contributed by atoms with E-state index in [2.05, 4.69) is 15.4 Å². The van der Waals surface area contributed by atoms with Crippen LogP contribution in [-0.2, 0) is 25.7 Å². The van der Waals surface area contributed by atoms with Crippen LogP contribution in [0, 0.1) is 5.82 Å². The second-order valence-corrected chi connectivity index (χ2v) is 12.6. The molecule has 0 radical (unpaired) electrons. The molecule has 0 saturated heterocycles. The first kappa shape index (κ1) is 31.3. The Hall–Kier alpha value is -3.19. The summed E-state index contributed by atoms with van der Waals surface area (Å²) in [6.45, 7) is 6.71. The Balaban J connectivity index is 1.74. The Morgan fingerprint density at radius 3 is 2.02 bits per heavy atom. The van der Waals surface area contributed by atoms with Gasteiger partial charge in [0, 0.05) is 6.04 Å². The van der Waals surface area contributed by atoms with Crippen LogP contribution in [0.1, 0.15) is 70.5 Å². The number of hydrogen-bond acceptors (Lipinski definition) is 5. The second-order valence-electron chi connectivity index (χ2n) is 10.9. The Morgan fingerprint density at radius 2 is 1.52 bits per heavy atom. The van der Waals surface area contributed by atoms with Gasteiger partial charge in [-0.1, -0.05) is 12.1 Å². The Kier molecular flexibility index (Phi) is 9.19. The van der Waals surface area contributed by atoms with Crippen molar-refractivity contribution in [3.05, 3.63) is 65.5 Å². The van der Waals surface area contributed by atoms with Crippen LogP contribution in [0.3, 0.4) is 0 Å². The van der Waals surface area contributed by atoms with E-state index in [4.69, 9.17) is 4.74 Å². The maximum absolute atomic E-state index is 13.5. The molecule has 1 aliphatic carbocycles. The van der Waals surface area contributed by atoms with Crippen molar-refractivity contribution in [1.29, 1.82) is 0 Å². The average molecular weight is 588 g/mol.